The quantitative estimate of drug-likeness (QED) is 0.696. The molecule has 0 saturated heterocycles. The molecule has 12 heavy (non-hydrogen) atoms. The highest BCUT2D eigenvalue weighted by molar-refractivity contribution is 5.26. The first-order valence-electron chi connectivity index (χ1n) is 4.15. The fourth-order valence-electron chi connectivity index (χ4n) is 1.76. The zero-order chi connectivity index (χ0) is 8.60. The van der Waals surface area contributed by atoms with Crippen LogP contribution in [-0.4, -0.2) is 18.3 Å². The summed E-state index contributed by atoms with van der Waals surface area (Å²) in [7, 11) is 0. The Morgan fingerprint density at radius 2 is 2.58 bits per heavy atom. The highest BCUT2D eigenvalue weighted by Crippen LogP contribution is 2.58. The van der Waals surface area contributed by atoms with Crippen LogP contribution in [0.25, 0.3) is 0 Å². The summed E-state index contributed by atoms with van der Waals surface area (Å²) in [6, 6.07) is 1.94. The standard InChI is InChI=1S/C9H13NO2/c10-5-9(6-11)3-8(9)7-1-2-12-4-7/h1-2,4,8,11H,3,5-6,10H2. The van der Waals surface area contributed by atoms with Crippen molar-refractivity contribution in [1.29, 1.82) is 0 Å². The summed E-state index contributed by atoms with van der Waals surface area (Å²) in [5.41, 5.74) is 6.70. The van der Waals surface area contributed by atoms with Gasteiger partial charge < -0.3 is 15.3 Å². The maximum absolute atomic E-state index is 9.12. The Kier molecular flexibility index (Phi) is 1.70. The average Bonchev–Trinajstić information content (AvgIpc) is 2.59. The van der Waals surface area contributed by atoms with E-state index in [0.717, 1.165) is 12.0 Å². The predicted molar refractivity (Wildman–Crippen MR) is 44.6 cm³/mol. The van der Waals surface area contributed by atoms with E-state index in [0.29, 0.717) is 12.5 Å². The molecule has 0 aliphatic heterocycles. The lowest BCUT2D eigenvalue weighted by atomic mass is 10.0. The lowest BCUT2D eigenvalue weighted by Gasteiger charge is -2.08. The highest BCUT2D eigenvalue weighted by atomic mass is 16.3. The van der Waals surface area contributed by atoms with Gasteiger partial charge in [0.05, 0.1) is 19.1 Å². The van der Waals surface area contributed by atoms with E-state index in [-0.39, 0.29) is 12.0 Å². The molecule has 3 N–H and O–H groups in total. The van der Waals surface area contributed by atoms with Crippen LogP contribution in [0.3, 0.4) is 0 Å². The SMILES string of the molecule is NCC1(CO)CC1c1ccoc1. The van der Waals surface area contributed by atoms with Gasteiger partial charge in [-0.1, -0.05) is 0 Å². The van der Waals surface area contributed by atoms with Crippen molar-refractivity contribution in [3.8, 4) is 0 Å². The molecule has 66 valence electrons. The van der Waals surface area contributed by atoms with Crippen molar-refractivity contribution in [2.75, 3.05) is 13.2 Å². The van der Waals surface area contributed by atoms with E-state index >= 15 is 0 Å². The van der Waals surface area contributed by atoms with Crippen LogP contribution >= 0.6 is 0 Å². The Labute approximate surface area is 71.2 Å². The van der Waals surface area contributed by atoms with E-state index in [1.807, 2.05) is 6.07 Å². The Balaban J connectivity index is 2.12. The second-order valence-corrected chi connectivity index (χ2v) is 3.54. The van der Waals surface area contributed by atoms with E-state index in [4.69, 9.17) is 15.3 Å². The van der Waals surface area contributed by atoms with Crippen LogP contribution in [0.15, 0.2) is 23.0 Å². The molecule has 1 aromatic rings. The lowest BCUT2D eigenvalue weighted by molar-refractivity contribution is 0.211. The number of hydrogen-bond donors (Lipinski definition) is 2. The zero-order valence-corrected chi connectivity index (χ0v) is 6.86. The number of aliphatic hydroxyl groups excluding tert-OH is 1. The van der Waals surface area contributed by atoms with Crippen molar-refractivity contribution < 1.29 is 9.52 Å². The first kappa shape index (κ1) is 7.83. The third-order valence-corrected chi connectivity index (χ3v) is 2.86. The van der Waals surface area contributed by atoms with Gasteiger partial charge in [-0.05, 0) is 24.0 Å². The second kappa shape index (κ2) is 2.61. The van der Waals surface area contributed by atoms with Gasteiger partial charge in [0, 0.05) is 12.0 Å². The smallest absolute Gasteiger partial charge is 0.0937 e. The zero-order valence-electron chi connectivity index (χ0n) is 6.86. The highest BCUT2D eigenvalue weighted by Gasteiger charge is 2.53. The first-order valence-corrected chi connectivity index (χ1v) is 4.15. The molecule has 1 aromatic heterocycles. The first-order chi connectivity index (χ1) is 5.82. The molecule has 0 radical (unpaired) electrons. The van der Waals surface area contributed by atoms with E-state index in [1.54, 1.807) is 12.5 Å². The third kappa shape index (κ3) is 0.974. The van der Waals surface area contributed by atoms with Gasteiger partial charge in [0.1, 0.15) is 0 Å². The molecule has 0 aromatic carbocycles. The summed E-state index contributed by atoms with van der Waals surface area (Å²) in [5, 5.41) is 9.12. The molecular weight excluding hydrogens is 154 g/mol. The Bertz CT molecular complexity index is 252. The monoisotopic (exact) mass is 167 g/mol. The normalized spacial score (nSPS) is 33.7. The molecule has 0 spiro atoms. The van der Waals surface area contributed by atoms with Crippen molar-refractivity contribution in [1.82, 2.24) is 0 Å². The summed E-state index contributed by atoms with van der Waals surface area (Å²) in [5.74, 6) is 0.409. The van der Waals surface area contributed by atoms with E-state index in [2.05, 4.69) is 0 Å². The number of aliphatic hydroxyl groups is 1. The second-order valence-electron chi connectivity index (χ2n) is 3.54. The molecule has 1 saturated carbocycles. The maximum atomic E-state index is 9.12. The van der Waals surface area contributed by atoms with Gasteiger partial charge in [0.2, 0.25) is 0 Å². The summed E-state index contributed by atoms with van der Waals surface area (Å²) < 4.78 is 4.98. The molecule has 3 heteroatoms. The minimum atomic E-state index is -0.0517. The minimum absolute atomic E-state index is 0.0517. The van der Waals surface area contributed by atoms with Gasteiger partial charge in [-0.2, -0.15) is 0 Å². The van der Waals surface area contributed by atoms with Gasteiger partial charge in [-0.15, -0.1) is 0 Å². The van der Waals surface area contributed by atoms with Crippen molar-refractivity contribution >= 4 is 0 Å². The topological polar surface area (TPSA) is 59.4 Å². The predicted octanol–water partition coefficient (Wildman–Crippen LogP) is 0.704. The van der Waals surface area contributed by atoms with Crippen LogP contribution in [0.5, 0.6) is 0 Å². The van der Waals surface area contributed by atoms with Crippen LogP contribution in [0.4, 0.5) is 0 Å². The molecule has 2 atom stereocenters. The van der Waals surface area contributed by atoms with Gasteiger partial charge in [0.25, 0.3) is 0 Å². The van der Waals surface area contributed by atoms with Crippen LogP contribution in [0.1, 0.15) is 17.9 Å². The van der Waals surface area contributed by atoms with E-state index in [9.17, 15) is 0 Å². The van der Waals surface area contributed by atoms with Crippen LogP contribution < -0.4 is 5.73 Å². The fourth-order valence-corrected chi connectivity index (χ4v) is 1.76. The molecule has 2 rings (SSSR count). The third-order valence-electron chi connectivity index (χ3n) is 2.86. The van der Waals surface area contributed by atoms with Crippen molar-refractivity contribution in [2.24, 2.45) is 11.1 Å². The van der Waals surface area contributed by atoms with Crippen LogP contribution in [0, 0.1) is 5.41 Å². The fraction of sp³-hybridized carbons (Fsp3) is 0.556. The van der Waals surface area contributed by atoms with Crippen molar-refractivity contribution in [3.63, 3.8) is 0 Å². The number of hydrogen-bond acceptors (Lipinski definition) is 3. The summed E-state index contributed by atoms with van der Waals surface area (Å²) in [6.45, 7) is 0.735. The number of furan rings is 1. The number of rotatable bonds is 3. The maximum Gasteiger partial charge on any atom is 0.0937 e. The van der Waals surface area contributed by atoms with E-state index in [1.165, 1.54) is 0 Å². The molecule has 0 amide bonds. The van der Waals surface area contributed by atoms with Crippen LogP contribution in [-0.2, 0) is 0 Å². The van der Waals surface area contributed by atoms with Gasteiger partial charge in [0.15, 0.2) is 0 Å². The summed E-state index contributed by atoms with van der Waals surface area (Å²) >= 11 is 0. The Morgan fingerprint density at radius 3 is 3.00 bits per heavy atom. The van der Waals surface area contributed by atoms with Crippen molar-refractivity contribution in [2.45, 2.75) is 12.3 Å². The molecule has 1 fully saturated rings. The molecule has 3 nitrogen and oxygen atoms in total. The molecular formula is C9H13NO2. The van der Waals surface area contributed by atoms with Crippen molar-refractivity contribution in [3.05, 3.63) is 24.2 Å². The largest absolute Gasteiger partial charge is 0.472 e. The van der Waals surface area contributed by atoms with E-state index < -0.39 is 0 Å². The van der Waals surface area contributed by atoms with Gasteiger partial charge >= 0.3 is 0 Å². The number of nitrogens with two attached hydrogens (primary N) is 1. The molecule has 1 aliphatic carbocycles. The molecule has 1 heterocycles. The molecule has 0 bridgehead atoms. The average molecular weight is 167 g/mol. The minimum Gasteiger partial charge on any atom is -0.472 e. The Morgan fingerprint density at radius 1 is 1.75 bits per heavy atom. The molecule has 1 aliphatic rings. The van der Waals surface area contributed by atoms with Gasteiger partial charge in [-0.3, -0.25) is 0 Å². The van der Waals surface area contributed by atoms with Gasteiger partial charge in [-0.25, -0.2) is 0 Å². The summed E-state index contributed by atoms with van der Waals surface area (Å²) in [6.07, 6.45) is 4.38. The summed E-state index contributed by atoms with van der Waals surface area (Å²) in [4.78, 5) is 0. The Hall–Kier alpha value is -0.800. The lowest BCUT2D eigenvalue weighted by Crippen LogP contribution is -2.21. The van der Waals surface area contributed by atoms with Crippen LogP contribution in [0.2, 0.25) is 0 Å². The molecule has 2 unspecified atom stereocenters.